The Bertz CT molecular complexity index is 814. The Morgan fingerprint density at radius 1 is 1.10 bits per heavy atom. The first kappa shape index (κ1) is 25.1. The molecule has 7 heteroatoms. The molecule has 0 saturated heterocycles. The third-order valence-electron chi connectivity index (χ3n) is 5.82. The topological polar surface area (TPSA) is 52.6 Å². The van der Waals surface area contributed by atoms with Crippen LogP contribution in [0, 0.1) is 13.8 Å². The fourth-order valence-corrected chi connectivity index (χ4v) is 4.98. The fourth-order valence-electron chi connectivity index (χ4n) is 4.10. The molecule has 1 heterocycles. The lowest BCUT2D eigenvalue weighted by Crippen LogP contribution is -2.37. The Labute approximate surface area is 202 Å². The van der Waals surface area contributed by atoms with Crippen molar-refractivity contribution >= 4 is 41.3 Å². The monoisotopic (exact) mass is 541 g/mol. The minimum atomic E-state index is 0. The molecule has 1 aliphatic rings. The normalized spacial score (nSPS) is 15.2. The van der Waals surface area contributed by atoms with Crippen LogP contribution in [0.2, 0.25) is 0 Å². The van der Waals surface area contributed by atoms with Gasteiger partial charge in [-0.05, 0) is 44.9 Å². The largest absolute Gasteiger partial charge is 0.352 e. The smallest absolute Gasteiger partial charge is 0.191 e. The highest BCUT2D eigenvalue weighted by atomic mass is 127. The van der Waals surface area contributed by atoms with Gasteiger partial charge in [0.25, 0.3) is 0 Å². The van der Waals surface area contributed by atoms with E-state index in [1.54, 1.807) is 11.3 Å². The summed E-state index contributed by atoms with van der Waals surface area (Å²) in [6, 6.07) is 9.48. The molecule has 1 aromatic heterocycles. The standard InChI is InChI=1S/C23H35N5S.HI/c1-17-22(29-18(2)27-17)15-26-23(24-3)25-14-19-10-8-9-11-20(19)16-28(4)21-12-6-5-7-13-21;/h8-11,21H,5-7,12-16H2,1-4H3,(H2,24,25,26);1H. The zero-order chi connectivity index (χ0) is 20.6. The summed E-state index contributed by atoms with van der Waals surface area (Å²) >= 11 is 1.74. The summed E-state index contributed by atoms with van der Waals surface area (Å²) in [6.45, 7) is 6.65. The summed E-state index contributed by atoms with van der Waals surface area (Å²) in [5.41, 5.74) is 3.84. The van der Waals surface area contributed by atoms with E-state index in [2.05, 4.69) is 70.7 Å². The highest BCUT2D eigenvalue weighted by Gasteiger charge is 2.18. The molecule has 1 aromatic carbocycles. The van der Waals surface area contributed by atoms with Crippen molar-refractivity contribution in [3.63, 3.8) is 0 Å². The predicted octanol–water partition coefficient (Wildman–Crippen LogP) is 5.01. The van der Waals surface area contributed by atoms with E-state index in [-0.39, 0.29) is 24.0 Å². The molecular formula is C23H36IN5S. The molecule has 1 fully saturated rings. The van der Waals surface area contributed by atoms with E-state index in [0.29, 0.717) is 0 Å². The summed E-state index contributed by atoms with van der Waals surface area (Å²) in [4.78, 5) is 12.7. The Hall–Kier alpha value is -1.19. The van der Waals surface area contributed by atoms with Gasteiger partial charge in [-0.3, -0.25) is 9.89 Å². The molecule has 0 radical (unpaired) electrons. The van der Waals surface area contributed by atoms with E-state index in [1.165, 1.54) is 48.1 Å². The Balaban J connectivity index is 0.00000320. The Morgan fingerprint density at radius 3 is 2.40 bits per heavy atom. The number of aromatic nitrogens is 1. The molecule has 3 rings (SSSR count). The molecule has 0 unspecified atom stereocenters. The quantitative estimate of drug-likeness (QED) is 0.294. The number of nitrogens with one attached hydrogen (secondary N) is 2. The summed E-state index contributed by atoms with van der Waals surface area (Å²) in [5.74, 6) is 0.825. The van der Waals surface area contributed by atoms with Crippen LogP contribution in [-0.2, 0) is 19.6 Å². The highest BCUT2D eigenvalue weighted by molar-refractivity contribution is 14.0. The summed E-state index contributed by atoms with van der Waals surface area (Å²) < 4.78 is 0. The van der Waals surface area contributed by atoms with Crippen LogP contribution in [0.1, 0.15) is 58.8 Å². The molecule has 0 amide bonds. The fraction of sp³-hybridized carbons (Fsp3) is 0.565. The van der Waals surface area contributed by atoms with Crippen molar-refractivity contribution in [3.05, 3.63) is 51.0 Å². The molecule has 1 saturated carbocycles. The first-order valence-corrected chi connectivity index (χ1v) is 11.5. The van der Waals surface area contributed by atoms with Crippen molar-refractivity contribution in [1.29, 1.82) is 0 Å². The molecule has 1 aliphatic carbocycles. The third kappa shape index (κ3) is 7.20. The molecule has 30 heavy (non-hydrogen) atoms. The van der Waals surface area contributed by atoms with Crippen LogP contribution in [0.15, 0.2) is 29.3 Å². The molecule has 5 nitrogen and oxygen atoms in total. The van der Waals surface area contributed by atoms with E-state index in [0.717, 1.165) is 42.3 Å². The average Bonchev–Trinajstić information content (AvgIpc) is 3.06. The van der Waals surface area contributed by atoms with Crippen LogP contribution in [0.5, 0.6) is 0 Å². The summed E-state index contributed by atoms with van der Waals surface area (Å²) in [5, 5.41) is 8.01. The van der Waals surface area contributed by atoms with Gasteiger partial charge in [-0.1, -0.05) is 43.5 Å². The minimum Gasteiger partial charge on any atom is -0.352 e. The van der Waals surface area contributed by atoms with Gasteiger partial charge in [0.05, 0.1) is 17.2 Å². The van der Waals surface area contributed by atoms with Crippen molar-refractivity contribution < 1.29 is 0 Å². The van der Waals surface area contributed by atoms with Gasteiger partial charge in [0.15, 0.2) is 5.96 Å². The van der Waals surface area contributed by atoms with Crippen LogP contribution < -0.4 is 10.6 Å². The zero-order valence-electron chi connectivity index (χ0n) is 18.7. The predicted molar refractivity (Wildman–Crippen MR) is 139 cm³/mol. The Kier molecular flexibility index (Phi) is 10.5. The first-order chi connectivity index (χ1) is 14.1. The maximum absolute atomic E-state index is 4.50. The van der Waals surface area contributed by atoms with Crippen molar-refractivity contribution in [2.75, 3.05) is 14.1 Å². The average molecular weight is 542 g/mol. The summed E-state index contributed by atoms with van der Waals surface area (Å²) in [7, 11) is 4.10. The second kappa shape index (κ2) is 12.6. The van der Waals surface area contributed by atoms with Gasteiger partial charge in [-0.15, -0.1) is 35.3 Å². The van der Waals surface area contributed by atoms with Crippen molar-refractivity contribution in [2.45, 2.75) is 71.6 Å². The number of aryl methyl sites for hydroxylation is 2. The van der Waals surface area contributed by atoms with Gasteiger partial charge >= 0.3 is 0 Å². The number of nitrogens with zero attached hydrogens (tertiary/aromatic N) is 3. The first-order valence-electron chi connectivity index (χ1n) is 10.7. The number of hydrogen-bond acceptors (Lipinski definition) is 4. The van der Waals surface area contributed by atoms with Gasteiger partial charge in [0.1, 0.15) is 0 Å². The lowest BCUT2D eigenvalue weighted by molar-refractivity contribution is 0.184. The maximum Gasteiger partial charge on any atom is 0.191 e. The van der Waals surface area contributed by atoms with E-state index in [4.69, 9.17) is 0 Å². The third-order valence-corrected chi connectivity index (χ3v) is 6.89. The molecule has 0 bridgehead atoms. The molecule has 2 N–H and O–H groups in total. The molecule has 0 spiro atoms. The van der Waals surface area contributed by atoms with Crippen molar-refractivity contribution in [2.24, 2.45) is 4.99 Å². The molecule has 0 atom stereocenters. The van der Waals surface area contributed by atoms with Crippen LogP contribution in [0.4, 0.5) is 0 Å². The van der Waals surface area contributed by atoms with E-state index in [9.17, 15) is 0 Å². The number of halogens is 1. The SMILES string of the molecule is CN=C(NCc1ccccc1CN(C)C1CCCCC1)NCc1sc(C)nc1C.I. The van der Waals surface area contributed by atoms with Crippen molar-refractivity contribution in [3.8, 4) is 0 Å². The Morgan fingerprint density at radius 2 is 1.77 bits per heavy atom. The number of thiazole rings is 1. The second-order valence-corrected chi connectivity index (χ2v) is 9.28. The molecular weight excluding hydrogens is 505 g/mol. The summed E-state index contributed by atoms with van der Waals surface area (Å²) in [6.07, 6.45) is 6.82. The van der Waals surface area contributed by atoms with Crippen molar-refractivity contribution in [1.82, 2.24) is 20.5 Å². The van der Waals surface area contributed by atoms with E-state index < -0.39 is 0 Å². The zero-order valence-corrected chi connectivity index (χ0v) is 21.8. The highest BCUT2D eigenvalue weighted by Crippen LogP contribution is 2.23. The number of rotatable bonds is 7. The van der Waals surface area contributed by atoms with Gasteiger partial charge in [0, 0.05) is 31.1 Å². The molecule has 0 aliphatic heterocycles. The van der Waals surface area contributed by atoms with Crippen LogP contribution in [-0.4, -0.2) is 36.0 Å². The van der Waals surface area contributed by atoms with E-state index >= 15 is 0 Å². The van der Waals surface area contributed by atoms with Gasteiger partial charge in [-0.25, -0.2) is 4.98 Å². The molecule has 166 valence electrons. The van der Waals surface area contributed by atoms with Crippen LogP contribution in [0.3, 0.4) is 0 Å². The number of hydrogen-bond donors (Lipinski definition) is 2. The number of benzene rings is 1. The van der Waals surface area contributed by atoms with Gasteiger partial charge in [-0.2, -0.15) is 0 Å². The molecule has 2 aromatic rings. The maximum atomic E-state index is 4.50. The van der Waals surface area contributed by atoms with Gasteiger partial charge < -0.3 is 10.6 Å². The van der Waals surface area contributed by atoms with Crippen LogP contribution >= 0.6 is 35.3 Å². The number of aliphatic imine (C=N–C) groups is 1. The van der Waals surface area contributed by atoms with E-state index in [1.807, 2.05) is 7.05 Å². The van der Waals surface area contributed by atoms with Crippen LogP contribution in [0.25, 0.3) is 0 Å². The lowest BCUT2D eigenvalue weighted by atomic mass is 9.94. The lowest BCUT2D eigenvalue weighted by Gasteiger charge is -2.31. The number of guanidine groups is 1. The van der Waals surface area contributed by atoms with Gasteiger partial charge in [0.2, 0.25) is 0 Å². The minimum absolute atomic E-state index is 0. The second-order valence-electron chi connectivity index (χ2n) is 8.00.